The third-order valence-corrected chi connectivity index (χ3v) is 5.12. The molecule has 1 unspecified atom stereocenters. The van der Waals surface area contributed by atoms with Crippen LogP contribution in [0.25, 0.3) is 0 Å². The molecule has 0 bridgehead atoms. The molecule has 1 aliphatic rings. The van der Waals surface area contributed by atoms with Gasteiger partial charge in [-0.25, -0.2) is 4.79 Å². The summed E-state index contributed by atoms with van der Waals surface area (Å²) >= 11 is 2.71. The van der Waals surface area contributed by atoms with Crippen LogP contribution in [0, 0.1) is 0 Å². The maximum Gasteiger partial charge on any atom is 0.325 e. The number of ether oxygens (including phenoxy) is 2. The van der Waals surface area contributed by atoms with E-state index in [4.69, 9.17) is 9.47 Å². The van der Waals surface area contributed by atoms with Crippen LogP contribution in [0.1, 0.15) is 12.8 Å². The van der Waals surface area contributed by atoms with Crippen molar-refractivity contribution in [2.24, 2.45) is 0 Å². The first-order valence-electron chi connectivity index (χ1n) is 7.53. The van der Waals surface area contributed by atoms with Crippen molar-refractivity contribution in [3.63, 3.8) is 0 Å². The summed E-state index contributed by atoms with van der Waals surface area (Å²) < 4.78 is 14.9. The molecule has 7 nitrogen and oxygen atoms in total. The normalized spacial score (nSPS) is 16.8. The van der Waals surface area contributed by atoms with E-state index in [-0.39, 0.29) is 12.1 Å². The Morgan fingerprint density at radius 3 is 2.96 bits per heavy atom. The molecule has 2 heterocycles. The molecule has 24 heavy (non-hydrogen) atoms. The molecule has 2 amide bonds. The molecule has 2 aromatic rings. The minimum atomic E-state index is -0.355. The zero-order valence-electron chi connectivity index (χ0n) is 13.2. The summed E-state index contributed by atoms with van der Waals surface area (Å²) in [6, 6.07) is 6.73. The lowest BCUT2D eigenvalue weighted by molar-refractivity contribution is 0.129. The molecule has 9 heteroatoms. The highest BCUT2D eigenvalue weighted by atomic mass is 32.2. The van der Waals surface area contributed by atoms with E-state index in [2.05, 4.69) is 20.0 Å². The van der Waals surface area contributed by atoms with Gasteiger partial charge in [0.05, 0.1) is 13.2 Å². The first kappa shape index (κ1) is 17.0. The van der Waals surface area contributed by atoms with Gasteiger partial charge in [-0.15, -0.1) is 0 Å². The van der Waals surface area contributed by atoms with Crippen LogP contribution < -0.4 is 15.4 Å². The molecular formula is C15H18N4O3S2. The standard InChI is InChI=1S/C15H18N4O3S2/c1-21-11-6-4-10(5-7-11)16-13(20)17-14-18-15(19-24-14)23-9-12-3-2-8-22-12/h4-7,12H,2-3,8-9H2,1H3,(H2,16,17,18,19,20). The minimum absolute atomic E-state index is 0.285. The molecule has 0 spiro atoms. The van der Waals surface area contributed by atoms with Gasteiger partial charge in [0.2, 0.25) is 10.3 Å². The Morgan fingerprint density at radius 1 is 1.42 bits per heavy atom. The van der Waals surface area contributed by atoms with Crippen LogP contribution in [0.4, 0.5) is 15.6 Å². The number of hydrogen-bond acceptors (Lipinski definition) is 7. The number of hydrogen-bond donors (Lipinski definition) is 2. The van der Waals surface area contributed by atoms with Crippen molar-refractivity contribution < 1.29 is 14.3 Å². The lowest BCUT2D eigenvalue weighted by atomic mass is 10.3. The average Bonchev–Trinajstić information content (AvgIpc) is 3.25. The van der Waals surface area contributed by atoms with Gasteiger partial charge in [0.25, 0.3) is 0 Å². The molecule has 3 rings (SSSR count). The maximum absolute atomic E-state index is 12.0. The second kappa shape index (κ2) is 8.32. The molecule has 1 aromatic heterocycles. The van der Waals surface area contributed by atoms with E-state index < -0.39 is 0 Å². The molecule has 1 fully saturated rings. The SMILES string of the molecule is COc1ccc(NC(=O)Nc2nc(SCC3CCCO3)ns2)cc1. The van der Waals surface area contributed by atoms with Gasteiger partial charge in [-0.3, -0.25) is 5.32 Å². The molecule has 128 valence electrons. The minimum Gasteiger partial charge on any atom is -0.497 e. The number of rotatable bonds is 6. The van der Waals surface area contributed by atoms with Gasteiger partial charge >= 0.3 is 6.03 Å². The van der Waals surface area contributed by atoms with Crippen LogP contribution in [0.3, 0.4) is 0 Å². The molecule has 0 saturated carbocycles. The monoisotopic (exact) mass is 366 g/mol. The maximum atomic E-state index is 12.0. The Bertz CT molecular complexity index is 672. The Hall–Kier alpha value is -1.84. The van der Waals surface area contributed by atoms with Gasteiger partial charge in [0.15, 0.2) is 0 Å². The van der Waals surface area contributed by atoms with E-state index in [1.165, 1.54) is 0 Å². The highest BCUT2D eigenvalue weighted by Crippen LogP contribution is 2.24. The number of carbonyl (C=O) groups is 1. The molecule has 1 aliphatic heterocycles. The summed E-state index contributed by atoms with van der Waals surface area (Å²) in [5.74, 6) is 1.58. The van der Waals surface area contributed by atoms with E-state index in [1.807, 2.05) is 0 Å². The zero-order chi connectivity index (χ0) is 16.8. The summed E-state index contributed by atoms with van der Waals surface area (Å²) in [5, 5.41) is 6.55. The van der Waals surface area contributed by atoms with Crippen LogP contribution >= 0.6 is 23.3 Å². The third-order valence-electron chi connectivity index (χ3n) is 3.40. The first-order valence-corrected chi connectivity index (χ1v) is 9.29. The Kier molecular flexibility index (Phi) is 5.89. The van der Waals surface area contributed by atoms with Crippen LogP contribution in [0.15, 0.2) is 29.4 Å². The molecule has 0 radical (unpaired) electrons. The number of anilines is 2. The van der Waals surface area contributed by atoms with Crippen molar-refractivity contribution in [3.8, 4) is 5.75 Å². The van der Waals surface area contributed by atoms with E-state index in [1.54, 1.807) is 43.1 Å². The third kappa shape index (κ3) is 4.83. The molecular weight excluding hydrogens is 348 g/mol. The topological polar surface area (TPSA) is 85.4 Å². The average molecular weight is 366 g/mol. The van der Waals surface area contributed by atoms with Gasteiger partial charge in [-0.2, -0.15) is 9.36 Å². The van der Waals surface area contributed by atoms with Crippen molar-refractivity contribution in [1.29, 1.82) is 0 Å². The molecule has 2 N–H and O–H groups in total. The summed E-state index contributed by atoms with van der Waals surface area (Å²) in [5.41, 5.74) is 0.672. The number of urea groups is 1. The van der Waals surface area contributed by atoms with Crippen molar-refractivity contribution in [2.75, 3.05) is 30.1 Å². The lowest BCUT2D eigenvalue weighted by Crippen LogP contribution is -2.19. The number of nitrogens with zero attached hydrogens (tertiary/aromatic N) is 2. The summed E-state index contributed by atoms with van der Waals surface area (Å²) in [4.78, 5) is 16.3. The molecule has 1 saturated heterocycles. The number of methoxy groups -OCH3 is 1. The fourth-order valence-corrected chi connectivity index (χ4v) is 3.80. The van der Waals surface area contributed by atoms with E-state index in [0.29, 0.717) is 16.0 Å². The van der Waals surface area contributed by atoms with Gasteiger partial charge in [-0.05, 0) is 37.1 Å². The smallest absolute Gasteiger partial charge is 0.325 e. The Balaban J connectivity index is 1.47. The van der Waals surface area contributed by atoms with Crippen molar-refractivity contribution in [2.45, 2.75) is 24.1 Å². The van der Waals surface area contributed by atoms with Gasteiger partial charge in [0.1, 0.15) is 5.75 Å². The molecule has 1 aromatic carbocycles. The molecule has 1 atom stereocenters. The van der Waals surface area contributed by atoms with E-state index in [9.17, 15) is 4.79 Å². The second-order valence-corrected chi connectivity index (χ2v) is 6.87. The second-order valence-electron chi connectivity index (χ2n) is 5.14. The predicted molar refractivity (Wildman–Crippen MR) is 95.2 cm³/mol. The van der Waals surface area contributed by atoms with Crippen LogP contribution in [0.5, 0.6) is 5.75 Å². The van der Waals surface area contributed by atoms with Crippen molar-refractivity contribution in [1.82, 2.24) is 9.36 Å². The number of thioether (sulfide) groups is 1. The van der Waals surface area contributed by atoms with Gasteiger partial charge in [-0.1, -0.05) is 11.8 Å². The first-order chi connectivity index (χ1) is 11.7. The number of aromatic nitrogens is 2. The number of carbonyl (C=O) groups excluding carboxylic acids is 1. The van der Waals surface area contributed by atoms with Crippen molar-refractivity contribution in [3.05, 3.63) is 24.3 Å². The summed E-state index contributed by atoms with van der Waals surface area (Å²) in [6.07, 6.45) is 2.49. The quantitative estimate of drug-likeness (QED) is 0.762. The number of nitrogens with one attached hydrogen (secondary N) is 2. The fourth-order valence-electron chi connectivity index (χ4n) is 2.20. The summed E-state index contributed by atoms with van der Waals surface area (Å²) in [6.45, 7) is 0.841. The summed E-state index contributed by atoms with van der Waals surface area (Å²) in [7, 11) is 1.60. The van der Waals surface area contributed by atoms with Crippen LogP contribution in [-0.2, 0) is 4.74 Å². The Labute approximate surface area is 148 Å². The zero-order valence-corrected chi connectivity index (χ0v) is 14.8. The van der Waals surface area contributed by atoms with Gasteiger partial charge < -0.3 is 14.8 Å². The van der Waals surface area contributed by atoms with Crippen LogP contribution in [-0.4, -0.2) is 41.0 Å². The van der Waals surface area contributed by atoms with E-state index >= 15 is 0 Å². The van der Waals surface area contributed by atoms with E-state index in [0.717, 1.165) is 42.5 Å². The highest BCUT2D eigenvalue weighted by Gasteiger charge is 2.17. The Morgan fingerprint density at radius 2 is 2.25 bits per heavy atom. The molecule has 0 aliphatic carbocycles. The lowest BCUT2D eigenvalue weighted by Gasteiger charge is -2.06. The van der Waals surface area contributed by atoms with Crippen LogP contribution in [0.2, 0.25) is 0 Å². The highest BCUT2D eigenvalue weighted by molar-refractivity contribution is 7.99. The number of amides is 2. The largest absolute Gasteiger partial charge is 0.497 e. The van der Waals surface area contributed by atoms with Gasteiger partial charge in [0, 0.05) is 29.6 Å². The van der Waals surface area contributed by atoms with Crippen molar-refractivity contribution >= 4 is 40.1 Å². The predicted octanol–water partition coefficient (Wildman–Crippen LogP) is 3.46. The fraction of sp³-hybridized carbons (Fsp3) is 0.400. The number of benzene rings is 1.